The number of fused-ring (bicyclic) bond motifs is 3. The molecule has 0 bridgehead atoms. The zero-order chi connectivity index (χ0) is 26.2. The summed E-state index contributed by atoms with van der Waals surface area (Å²) >= 11 is 0. The molecule has 1 aromatic heterocycles. The van der Waals surface area contributed by atoms with Crippen LogP contribution in [0.15, 0.2) is 18.2 Å². The SMILES string of the molecule is CCCn1c2c(c3cc(NC(=O)[C@H]4CC[C@H](NC(=O)C(C)(C)C)CC4)ccc31)CN(C1CCCC1)CC2. The van der Waals surface area contributed by atoms with Gasteiger partial charge in [-0.25, -0.2) is 0 Å². The quantitative estimate of drug-likeness (QED) is 0.504. The molecule has 0 radical (unpaired) electrons. The molecule has 2 aliphatic carbocycles. The van der Waals surface area contributed by atoms with Crippen LogP contribution in [0.3, 0.4) is 0 Å². The molecule has 0 spiro atoms. The number of aromatic nitrogens is 1. The van der Waals surface area contributed by atoms with Crippen molar-refractivity contribution in [1.82, 2.24) is 14.8 Å². The minimum absolute atomic E-state index is 0.00921. The van der Waals surface area contributed by atoms with Gasteiger partial charge >= 0.3 is 0 Å². The lowest BCUT2D eigenvalue weighted by atomic mass is 9.84. The van der Waals surface area contributed by atoms with Crippen molar-refractivity contribution < 1.29 is 9.59 Å². The molecule has 2 amide bonds. The second-order valence-electron chi connectivity index (χ2n) is 12.7. The van der Waals surface area contributed by atoms with Gasteiger partial charge in [0.05, 0.1) is 0 Å². The van der Waals surface area contributed by atoms with E-state index in [9.17, 15) is 9.59 Å². The first-order valence-electron chi connectivity index (χ1n) is 14.7. The lowest BCUT2D eigenvalue weighted by molar-refractivity contribution is -0.129. The average molecular weight is 507 g/mol. The van der Waals surface area contributed by atoms with E-state index in [0.29, 0.717) is 0 Å². The first-order valence-corrected chi connectivity index (χ1v) is 14.7. The summed E-state index contributed by atoms with van der Waals surface area (Å²) in [5, 5.41) is 7.74. The third kappa shape index (κ3) is 5.59. The van der Waals surface area contributed by atoms with Gasteiger partial charge in [-0.2, -0.15) is 0 Å². The van der Waals surface area contributed by atoms with Gasteiger partial charge in [0.1, 0.15) is 0 Å². The highest BCUT2D eigenvalue weighted by atomic mass is 16.2. The molecule has 0 saturated heterocycles. The second-order valence-corrected chi connectivity index (χ2v) is 12.7. The van der Waals surface area contributed by atoms with E-state index < -0.39 is 0 Å². The smallest absolute Gasteiger partial charge is 0.227 e. The zero-order valence-corrected chi connectivity index (χ0v) is 23.4. The van der Waals surface area contributed by atoms with E-state index in [2.05, 4.69) is 45.2 Å². The van der Waals surface area contributed by atoms with Crippen molar-refractivity contribution in [3.05, 3.63) is 29.5 Å². The highest BCUT2D eigenvalue weighted by molar-refractivity contribution is 5.96. The van der Waals surface area contributed by atoms with Crippen molar-refractivity contribution in [3.8, 4) is 0 Å². The minimum atomic E-state index is -0.379. The average Bonchev–Trinajstić information content (AvgIpc) is 3.51. The molecule has 0 atom stereocenters. The third-order valence-corrected chi connectivity index (χ3v) is 8.95. The van der Waals surface area contributed by atoms with Crippen LogP contribution in [-0.4, -0.2) is 39.9 Å². The number of hydrogen-bond donors (Lipinski definition) is 2. The number of hydrogen-bond acceptors (Lipinski definition) is 3. The number of carbonyl (C=O) groups excluding carboxylic acids is 2. The van der Waals surface area contributed by atoms with Crippen molar-refractivity contribution >= 4 is 28.4 Å². The largest absolute Gasteiger partial charge is 0.353 e. The van der Waals surface area contributed by atoms with Crippen molar-refractivity contribution in [2.24, 2.45) is 11.3 Å². The molecule has 6 nitrogen and oxygen atoms in total. The summed E-state index contributed by atoms with van der Waals surface area (Å²) in [5.41, 5.74) is 4.83. The number of carbonyl (C=O) groups is 2. The van der Waals surface area contributed by atoms with Gasteiger partial charge in [0.15, 0.2) is 0 Å². The van der Waals surface area contributed by atoms with Crippen molar-refractivity contribution in [2.75, 3.05) is 11.9 Å². The Morgan fingerprint density at radius 2 is 1.76 bits per heavy atom. The van der Waals surface area contributed by atoms with Gasteiger partial charge in [-0.3, -0.25) is 14.5 Å². The van der Waals surface area contributed by atoms with Crippen LogP contribution in [-0.2, 0) is 29.1 Å². The number of nitrogens with zero attached hydrogens (tertiary/aromatic N) is 2. The summed E-state index contributed by atoms with van der Waals surface area (Å²) in [6.45, 7) is 11.3. The van der Waals surface area contributed by atoms with Gasteiger partial charge in [-0.05, 0) is 68.7 Å². The van der Waals surface area contributed by atoms with Crippen LogP contribution in [0.1, 0.15) is 96.7 Å². The first-order chi connectivity index (χ1) is 17.7. The fraction of sp³-hybridized carbons (Fsp3) is 0.677. The van der Waals surface area contributed by atoms with Gasteiger partial charge in [0.25, 0.3) is 0 Å². The molecule has 1 aliphatic heterocycles. The Bertz CT molecular complexity index is 1130. The number of rotatable bonds is 6. The van der Waals surface area contributed by atoms with Crippen LogP contribution in [0.2, 0.25) is 0 Å². The molecule has 3 aliphatic rings. The van der Waals surface area contributed by atoms with Gasteiger partial charge < -0.3 is 15.2 Å². The molecule has 6 heteroatoms. The van der Waals surface area contributed by atoms with E-state index in [4.69, 9.17) is 0 Å². The number of benzene rings is 1. The molecule has 2 heterocycles. The van der Waals surface area contributed by atoms with Crippen LogP contribution in [0, 0.1) is 11.3 Å². The zero-order valence-electron chi connectivity index (χ0n) is 23.4. The predicted molar refractivity (Wildman–Crippen MR) is 151 cm³/mol. The van der Waals surface area contributed by atoms with Crippen molar-refractivity contribution in [2.45, 2.75) is 117 Å². The third-order valence-electron chi connectivity index (χ3n) is 8.95. The Morgan fingerprint density at radius 1 is 1.03 bits per heavy atom. The Morgan fingerprint density at radius 3 is 2.43 bits per heavy atom. The lowest BCUT2D eigenvalue weighted by Gasteiger charge is -2.33. The highest BCUT2D eigenvalue weighted by Gasteiger charge is 2.31. The number of amides is 2. The second kappa shape index (κ2) is 10.8. The standard InChI is InChI=1S/C31H46N4O2/c1-5-17-35-27-15-14-23(19-25(27)26-20-34(18-16-28(26)35)24-8-6-7-9-24)32-29(36)21-10-12-22(13-11-21)33-30(37)31(2,3)4/h14-15,19,21-22,24H,5-13,16-18,20H2,1-4H3,(H,32,36)(H,33,37)/t21-,22-. The fourth-order valence-corrected chi connectivity index (χ4v) is 6.75. The first kappa shape index (κ1) is 26.3. The van der Waals surface area contributed by atoms with Crippen molar-refractivity contribution in [3.63, 3.8) is 0 Å². The molecule has 5 rings (SSSR count). The molecule has 2 N–H and O–H groups in total. The Hall–Kier alpha value is -2.34. The van der Waals surface area contributed by atoms with Crippen LogP contribution < -0.4 is 10.6 Å². The van der Waals surface area contributed by atoms with E-state index in [1.54, 1.807) is 0 Å². The molecule has 2 fully saturated rings. The summed E-state index contributed by atoms with van der Waals surface area (Å²) in [4.78, 5) is 28.3. The maximum absolute atomic E-state index is 13.2. The summed E-state index contributed by atoms with van der Waals surface area (Å²) in [7, 11) is 0. The Labute approximate surface area is 222 Å². The number of nitrogens with one attached hydrogen (secondary N) is 2. The van der Waals surface area contributed by atoms with Crippen molar-refractivity contribution in [1.29, 1.82) is 0 Å². The molecule has 2 saturated carbocycles. The maximum Gasteiger partial charge on any atom is 0.227 e. The summed E-state index contributed by atoms with van der Waals surface area (Å²) < 4.78 is 2.54. The van der Waals surface area contributed by atoms with E-state index in [-0.39, 0.29) is 29.2 Å². The summed E-state index contributed by atoms with van der Waals surface area (Å²) in [6.07, 6.45) is 11.0. The van der Waals surface area contributed by atoms with E-state index in [1.165, 1.54) is 54.4 Å². The molecule has 37 heavy (non-hydrogen) atoms. The molecule has 2 aromatic rings. The summed E-state index contributed by atoms with van der Waals surface area (Å²) in [5.74, 6) is 0.225. The van der Waals surface area contributed by atoms with Gasteiger partial charge in [-0.15, -0.1) is 0 Å². The van der Waals surface area contributed by atoms with Crippen LogP contribution in [0.4, 0.5) is 5.69 Å². The van der Waals surface area contributed by atoms with E-state index in [0.717, 1.165) is 63.3 Å². The van der Waals surface area contributed by atoms with Gasteiger partial charge in [-0.1, -0.05) is 40.5 Å². The molecular formula is C31H46N4O2. The topological polar surface area (TPSA) is 66.4 Å². The molecule has 0 unspecified atom stereocenters. The number of aryl methyl sites for hydroxylation is 1. The monoisotopic (exact) mass is 506 g/mol. The Kier molecular flexibility index (Phi) is 7.67. The van der Waals surface area contributed by atoms with E-state index in [1.807, 2.05) is 20.8 Å². The maximum atomic E-state index is 13.2. The van der Waals surface area contributed by atoms with Crippen LogP contribution in [0.5, 0.6) is 0 Å². The molecule has 1 aromatic carbocycles. The molecular weight excluding hydrogens is 460 g/mol. The van der Waals surface area contributed by atoms with Crippen LogP contribution >= 0.6 is 0 Å². The lowest BCUT2D eigenvalue weighted by Crippen LogP contribution is -2.44. The van der Waals surface area contributed by atoms with Crippen LogP contribution in [0.25, 0.3) is 10.9 Å². The number of anilines is 1. The molecule has 202 valence electrons. The highest BCUT2D eigenvalue weighted by Crippen LogP contribution is 2.36. The minimum Gasteiger partial charge on any atom is -0.353 e. The normalized spacial score (nSPS) is 23.2. The summed E-state index contributed by atoms with van der Waals surface area (Å²) in [6, 6.07) is 7.45. The van der Waals surface area contributed by atoms with Gasteiger partial charge in [0.2, 0.25) is 11.8 Å². The fourth-order valence-electron chi connectivity index (χ4n) is 6.75. The van der Waals surface area contributed by atoms with E-state index >= 15 is 0 Å². The Balaban J connectivity index is 1.28. The van der Waals surface area contributed by atoms with Gasteiger partial charge in [0, 0.05) is 71.8 Å². The predicted octanol–water partition coefficient (Wildman–Crippen LogP) is 6.01.